The molecule has 0 fully saturated rings. The molecule has 0 saturated carbocycles. The Morgan fingerprint density at radius 2 is 1.73 bits per heavy atom. The van der Waals surface area contributed by atoms with Crippen LogP contribution < -0.4 is 19.5 Å². The van der Waals surface area contributed by atoms with E-state index in [0.29, 0.717) is 22.7 Å². The van der Waals surface area contributed by atoms with Crippen molar-refractivity contribution in [2.24, 2.45) is 0 Å². The number of methoxy groups -OCH3 is 1. The summed E-state index contributed by atoms with van der Waals surface area (Å²) >= 11 is 1.13. The van der Waals surface area contributed by atoms with Crippen molar-refractivity contribution in [3.05, 3.63) is 71.6 Å². The van der Waals surface area contributed by atoms with Crippen molar-refractivity contribution >= 4 is 33.0 Å². The lowest BCUT2D eigenvalue weighted by molar-refractivity contribution is 0.0926. The number of hydrogen-bond donors (Lipinski definition) is 2. The number of ether oxygens (including phenoxy) is 2. The van der Waals surface area contributed by atoms with Gasteiger partial charge in [0.25, 0.3) is 15.9 Å². The highest BCUT2D eigenvalue weighted by molar-refractivity contribution is 7.94. The van der Waals surface area contributed by atoms with Crippen LogP contribution in [0.3, 0.4) is 0 Å². The molecule has 2 N–H and O–H groups in total. The first kappa shape index (κ1) is 21.7. The lowest BCUT2D eigenvalue weighted by atomic mass is 10.2. The molecule has 0 radical (unpaired) electrons. The molecule has 158 valence electrons. The highest BCUT2D eigenvalue weighted by Gasteiger charge is 2.16. The van der Waals surface area contributed by atoms with Gasteiger partial charge in [-0.2, -0.15) is 0 Å². The second-order valence-corrected chi connectivity index (χ2v) is 9.31. The third kappa shape index (κ3) is 5.52. The van der Waals surface area contributed by atoms with E-state index in [1.807, 2.05) is 19.1 Å². The zero-order chi connectivity index (χ0) is 21.6. The molecule has 1 heterocycles. The van der Waals surface area contributed by atoms with Crippen molar-refractivity contribution in [3.63, 3.8) is 0 Å². The minimum Gasteiger partial charge on any atom is -0.493 e. The van der Waals surface area contributed by atoms with Gasteiger partial charge in [0.2, 0.25) is 0 Å². The summed E-state index contributed by atoms with van der Waals surface area (Å²) in [6.45, 7) is 2.10. The van der Waals surface area contributed by atoms with Crippen molar-refractivity contribution in [3.8, 4) is 11.5 Å². The molecule has 3 aromatic rings. The Morgan fingerprint density at radius 1 is 1.03 bits per heavy atom. The first-order chi connectivity index (χ1) is 14.4. The molecular weight excluding hydrogens is 424 g/mol. The van der Waals surface area contributed by atoms with Crippen LogP contribution >= 0.6 is 11.3 Å². The predicted molar refractivity (Wildman–Crippen MR) is 117 cm³/mol. The van der Waals surface area contributed by atoms with Crippen LogP contribution in [0.25, 0.3) is 0 Å². The number of benzene rings is 2. The molecule has 9 heteroatoms. The maximum Gasteiger partial charge on any atom is 0.271 e. The average Bonchev–Trinajstić information content (AvgIpc) is 3.29. The fourth-order valence-corrected chi connectivity index (χ4v) is 4.66. The molecule has 0 aliphatic heterocycles. The number of thiophene rings is 1. The SMILES string of the molecule is COc1ccccc1OC[C@H](C)NC(=O)c1ccc(NS(=O)(=O)c2cccs2)cc1. The van der Waals surface area contributed by atoms with Crippen LogP contribution in [-0.4, -0.2) is 34.1 Å². The Labute approximate surface area is 179 Å². The van der Waals surface area contributed by atoms with E-state index in [1.165, 1.54) is 6.07 Å². The molecule has 1 amide bonds. The molecule has 7 nitrogen and oxygen atoms in total. The zero-order valence-electron chi connectivity index (χ0n) is 16.5. The Kier molecular flexibility index (Phi) is 6.96. The van der Waals surface area contributed by atoms with Crippen molar-refractivity contribution in [1.82, 2.24) is 5.32 Å². The molecule has 2 aromatic carbocycles. The minimum absolute atomic E-state index is 0.230. The fourth-order valence-electron chi connectivity index (χ4n) is 2.61. The number of hydrogen-bond acceptors (Lipinski definition) is 6. The van der Waals surface area contributed by atoms with Gasteiger partial charge in [0, 0.05) is 11.3 Å². The second-order valence-electron chi connectivity index (χ2n) is 6.45. The van der Waals surface area contributed by atoms with Crippen molar-refractivity contribution in [2.45, 2.75) is 17.2 Å². The summed E-state index contributed by atoms with van der Waals surface area (Å²) in [7, 11) is -2.05. The van der Waals surface area contributed by atoms with Gasteiger partial charge in [-0.3, -0.25) is 9.52 Å². The van der Waals surface area contributed by atoms with Crippen molar-refractivity contribution in [1.29, 1.82) is 0 Å². The van der Waals surface area contributed by atoms with E-state index >= 15 is 0 Å². The Balaban J connectivity index is 1.55. The van der Waals surface area contributed by atoms with Crippen LogP contribution in [0.1, 0.15) is 17.3 Å². The van der Waals surface area contributed by atoms with Crippen molar-refractivity contribution in [2.75, 3.05) is 18.4 Å². The Hall–Kier alpha value is -3.04. The van der Waals surface area contributed by atoms with E-state index in [2.05, 4.69) is 10.0 Å². The molecule has 0 aliphatic carbocycles. The van der Waals surface area contributed by atoms with E-state index < -0.39 is 10.0 Å². The van der Waals surface area contributed by atoms with Gasteiger partial charge in [-0.15, -0.1) is 11.3 Å². The van der Waals surface area contributed by atoms with Crippen LogP contribution in [0.2, 0.25) is 0 Å². The van der Waals surface area contributed by atoms with Gasteiger partial charge < -0.3 is 14.8 Å². The Morgan fingerprint density at radius 3 is 2.37 bits per heavy atom. The standard InChI is InChI=1S/C21H22N2O5S2/c1-15(14-28-19-7-4-3-6-18(19)27-2)22-21(24)16-9-11-17(12-10-16)23-30(25,26)20-8-5-13-29-20/h3-13,15,23H,14H2,1-2H3,(H,22,24)/t15-/m0/s1. The van der Waals surface area contributed by atoms with E-state index in [0.717, 1.165) is 11.3 Å². The number of sulfonamides is 1. The minimum atomic E-state index is -3.62. The maximum atomic E-state index is 12.4. The Bertz CT molecular complexity index is 1080. The quantitative estimate of drug-likeness (QED) is 0.522. The summed E-state index contributed by atoms with van der Waals surface area (Å²) in [5.41, 5.74) is 0.797. The first-order valence-corrected chi connectivity index (χ1v) is 11.5. The molecule has 0 saturated heterocycles. The number of rotatable bonds is 9. The lowest BCUT2D eigenvalue weighted by Gasteiger charge is -2.16. The van der Waals surface area contributed by atoms with Crippen LogP contribution in [-0.2, 0) is 10.0 Å². The second kappa shape index (κ2) is 9.64. The van der Waals surface area contributed by atoms with Crippen molar-refractivity contribution < 1.29 is 22.7 Å². The van der Waals surface area contributed by atoms with Gasteiger partial charge in [-0.25, -0.2) is 8.42 Å². The molecule has 0 aliphatic rings. The molecule has 30 heavy (non-hydrogen) atoms. The normalized spacial score (nSPS) is 12.1. The third-order valence-corrected chi connectivity index (χ3v) is 6.87. The number of para-hydroxylation sites is 2. The summed E-state index contributed by atoms with van der Waals surface area (Å²) < 4.78 is 38.2. The van der Waals surface area contributed by atoms with Gasteiger partial charge in [0.15, 0.2) is 11.5 Å². The summed E-state index contributed by atoms with van der Waals surface area (Å²) in [5.74, 6) is 0.943. The van der Waals surface area contributed by atoms with Crippen LogP contribution in [0.15, 0.2) is 70.3 Å². The summed E-state index contributed by atoms with van der Waals surface area (Å²) in [4.78, 5) is 12.4. The first-order valence-electron chi connectivity index (χ1n) is 9.12. The topological polar surface area (TPSA) is 93.7 Å². The number of nitrogens with one attached hydrogen (secondary N) is 2. The van der Waals surface area contributed by atoms with Crippen LogP contribution in [0.5, 0.6) is 11.5 Å². The highest BCUT2D eigenvalue weighted by atomic mass is 32.2. The third-order valence-electron chi connectivity index (χ3n) is 4.09. The molecule has 3 rings (SSSR count). The molecule has 0 unspecified atom stereocenters. The molecular formula is C21H22N2O5S2. The van der Waals surface area contributed by atoms with E-state index in [4.69, 9.17) is 9.47 Å². The summed E-state index contributed by atoms with van der Waals surface area (Å²) in [5, 5.41) is 4.55. The smallest absolute Gasteiger partial charge is 0.271 e. The van der Waals surface area contributed by atoms with Gasteiger partial charge >= 0.3 is 0 Å². The summed E-state index contributed by atoms with van der Waals surface area (Å²) in [6, 6.07) is 16.5. The monoisotopic (exact) mass is 446 g/mol. The van der Waals surface area contributed by atoms with Crippen LogP contribution in [0.4, 0.5) is 5.69 Å². The number of anilines is 1. The number of amides is 1. The van der Waals surface area contributed by atoms with Crippen LogP contribution in [0, 0.1) is 0 Å². The summed E-state index contributed by atoms with van der Waals surface area (Å²) in [6.07, 6.45) is 0. The van der Waals surface area contributed by atoms with Gasteiger partial charge in [-0.1, -0.05) is 18.2 Å². The van der Waals surface area contributed by atoms with Gasteiger partial charge in [0.1, 0.15) is 10.8 Å². The van der Waals surface area contributed by atoms with Gasteiger partial charge in [-0.05, 0) is 54.8 Å². The van der Waals surface area contributed by atoms with Gasteiger partial charge in [0.05, 0.1) is 13.2 Å². The van der Waals surface area contributed by atoms with E-state index in [9.17, 15) is 13.2 Å². The maximum absolute atomic E-state index is 12.4. The largest absolute Gasteiger partial charge is 0.493 e. The highest BCUT2D eigenvalue weighted by Crippen LogP contribution is 2.25. The predicted octanol–water partition coefficient (Wildman–Crippen LogP) is 3.75. The average molecular weight is 447 g/mol. The van der Waals surface area contributed by atoms with E-state index in [-0.39, 0.29) is 22.8 Å². The van der Waals surface area contributed by atoms with E-state index in [1.54, 1.807) is 55.0 Å². The number of carbonyl (C=O) groups excluding carboxylic acids is 1. The fraction of sp³-hybridized carbons (Fsp3) is 0.190. The zero-order valence-corrected chi connectivity index (χ0v) is 18.1. The lowest BCUT2D eigenvalue weighted by Crippen LogP contribution is -2.36. The molecule has 0 spiro atoms. The molecule has 0 bridgehead atoms. The molecule has 1 aromatic heterocycles. The molecule has 1 atom stereocenters. The number of carbonyl (C=O) groups is 1.